The highest BCUT2D eigenvalue weighted by Gasteiger charge is 2.27. The first kappa shape index (κ1) is 13.1. The third kappa shape index (κ3) is 3.16. The summed E-state index contributed by atoms with van der Waals surface area (Å²) in [6, 6.07) is 0.499. The third-order valence-corrected chi connectivity index (χ3v) is 4.46. The van der Waals surface area contributed by atoms with Gasteiger partial charge in [-0.05, 0) is 18.3 Å². The van der Waals surface area contributed by atoms with Crippen molar-refractivity contribution < 1.29 is 4.74 Å². The third-order valence-electron chi connectivity index (χ3n) is 4.46. The van der Waals surface area contributed by atoms with Gasteiger partial charge in [0.05, 0.1) is 17.7 Å². The monoisotopic (exact) mass is 264 g/mol. The predicted molar refractivity (Wildman–Crippen MR) is 73.9 cm³/mol. The zero-order chi connectivity index (χ0) is 13.1. The molecule has 1 aromatic rings. The van der Waals surface area contributed by atoms with Crippen molar-refractivity contribution in [3.63, 3.8) is 0 Å². The summed E-state index contributed by atoms with van der Waals surface area (Å²) in [6.07, 6.45) is 5.15. The number of nitrogens with zero attached hydrogens (tertiary/aromatic N) is 1. The molecule has 1 unspecified atom stereocenters. The lowest BCUT2D eigenvalue weighted by atomic mass is 9.82. The summed E-state index contributed by atoms with van der Waals surface area (Å²) >= 11 is 0. The SMILES string of the molecule is CC1(CNCC2Cc3nc[nH]c3CN2)CCOCC1. The number of aromatic nitrogens is 2. The van der Waals surface area contributed by atoms with E-state index < -0.39 is 0 Å². The Balaban J connectivity index is 1.43. The summed E-state index contributed by atoms with van der Waals surface area (Å²) < 4.78 is 5.44. The zero-order valence-corrected chi connectivity index (χ0v) is 11.7. The summed E-state index contributed by atoms with van der Waals surface area (Å²) in [5, 5.41) is 7.19. The fourth-order valence-corrected chi connectivity index (χ4v) is 2.96. The van der Waals surface area contributed by atoms with E-state index in [1.807, 2.05) is 0 Å². The largest absolute Gasteiger partial charge is 0.381 e. The molecule has 0 aliphatic carbocycles. The Hall–Kier alpha value is -0.910. The Bertz CT molecular complexity index is 411. The molecule has 1 aromatic heterocycles. The van der Waals surface area contributed by atoms with Gasteiger partial charge in [0.2, 0.25) is 0 Å². The molecule has 1 saturated heterocycles. The second kappa shape index (κ2) is 5.61. The molecule has 0 saturated carbocycles. The first-order valence-electron chi connectivity index (χ1n) is 7.28. The maximum atomic E-state index is 5.44. The summed E-state index contributed by atoms with van der Waals surface area (Å²) in [7, 11) is 0. The molecule has 2 aliphatic rings. The predicted octanol–water partition coefficient (Wildman–Crippen LogP) is 0.830. The number of hydrogen-bond donors (Lipinski definition) is 3. The molecule has 0 bridgehead atoms. The summed E-state index contributed by atoms with van der Waals surface area (Å²) in [5.41, 5.74) is 2.88. The second-order valence-corrected chi connectivity index (χ2v) is 6.16. The molecular weight excluding hydrogens is 240 g/mol. The normalized spacial score (nSPS) is 26.1. The van der Waals surface area contributed by atoms with E-state index in [9.17, 15) is 0 Å². The van der Waals surface area contributed by atoms with Gasteiger partial charge in [0.1, 0.15) is 0 Å². The van der Waals surface area contributed by atoms with E-state index in [4.69, 9.17) is 4.74 Å². The minimum Gasteiger partial charge on any atom is -0.381 e. The molecule has 19 heavy (non-hydrogen) atoms. The van der Waals surface area contributed by atoms with Gasteiger partial charge in [0, 0.05) is 45.3 Å². The van der Waals surface area contributed by atoms with Crippen LogP contribution in [0.25, 0.3) is 0 Å². The van der Waals surface area contributed by atoms with Gasteiger partial charge in [-0.15, -0.1) is 0 Å². The molecule has 1 fully saturated rings. The molecule has 2 aliphatic heterocycles. The minimum atomic E-state index is 0.407. The van der Waals surface area contributed by atoms with Crippen LogP contribution in [0.4, 0.5) is 0 Å². The van der Waals surface area contributed by atoms with Crippen molar-refractivity contribution in [2.24, 2.45) is 5.41 Å². The molecule has 0 radical (unpaired) electrons. The number of H-pyrrole nitrogens is 1. The van der Waals surface area contributed by atoms with Gasteiger partial charge in [-0.1, -0.05) is 6.92 Å². The molecule has 1 atom stereocenters. The summed E-state index contributed by atoms with van der Waals surface area (Å²) in [5.74, 6) is 0. The van der Waals surface area contributed by atoms with Crippen LogP contribution in [-0.2, 0) is 17.7 Å². The lowest BCUT2D eigenvalue weighted by Gasteiger charge is -2.34. The lowest BCUT2D eigenvalue weighted by molar-refractivity contribution is 0.0239. The fourth-order valence-electron chi connectivity index (χ4n) is 2.96. The molecule has 0 aromatic carbocycles. The van der Waals surface area contributed by atoms with E-state index in [1.165, 1.54) is 24.2 Å². The summed E-state index contributed by atoms with van der Waals surface area (Å²) in [6.45, 7) is 7.20. The van der Waals surface area contributed by atoms with Crippen LogP contribution in [0.2, 0.25) is 0 Å². The Morgan fingerprint density at radius 1 is 1.47 bits per heavy atom. The number of ether oxygens (including phenoxy) is 1. The molecular formula is C14H24N4O. The zero-order valence-electron chi connectivity index (χ0n) is 11.7. The lowest BCUT2D eigenvalue weighted by Crippen LogP contribution is -2.46. The Morgan fingerprint density at radius 2 is 2.32 bits per heavy atom. The van der Waals surface area contributed by atoms with Gasteiger partial charge in [-0.2, -0.15) is 0 Å². The fraction of sp³-hybridized carbons (Fsp3) is 0.786. The quantitative estimate of drug-likeness (QED) is 0.754. The molecule has 106 valence electrons. The van der Waals surface area contributed by atoms with Crippen LogP contribution in [0.15, 0.2) is 6.33 Å². The topological polar surface area (TPSA) is 62.0 Å². The average Bonchev–Trinajstić information content (AvgIpc) is 2.87. The van der Waals surface area contributed by atoms with Crippen LogP contribution in [0.1, 0.15) is 31.2 Å². The van der Waals surface area contributed by atoms with Crippen LogP contribution >= 0.6 is 0 Å². The number of hydrogen-bond acceptors (Lipinski definition) is 4. The van der Waals surface area contributed by atoms with Gasteiger partial charge >= 0.3 is 0 Å². The second-order valence-electron chi connectivity index (χ2n) is 6.16. The molecule has 5 nitrogen and oxygen atoms in total. The number of fused-ring (bicyclic) bond motifs is 1. The summed E-state index contributed by atoms with van der Waals surface area (Å²) in [4.78, 5) is 7.56. The number of nitrogens with one attached hydrogen (secondary N) is 3. The Kier molecular flexibility index (Phi) is 3.86. The molecule has 5 heteroatoms. The van der Waals surface area contributed by atoms with Crippen LogP contribution in [0.5, 0.6) is 0 Å². The van der Waals surface area contributed by atoms with E-state index >= 15 is 0 Å². The highest BCUT2D eigenvalue weighted by molar-refractivity contribution is 5.15. The highest BCUT2D eigenvalue weighted by Crippen LogP contribution is 2.28. The van der Waals surface area contributed by atoms with Gasteiger partial charge < -0.3 is 20.4 Å². The van der Waals surface area contributed by atoms with Crippen molar-refractivity contribution in [1.82, 2.24) is 20.6 Å². The van der Waals surface area contributed by atoms with Crippen LogP contribution < -0.4 is 10.6 Å². The number of imidazole rings is 1. The molecule has 3 heterocycles. The molecule has 0 amide bonds. The van der Waals surface area contributed by atoms with E-state index in [2.05, 4.69) is 27.5 Å². The minimum absolute atomic E-state index is 0.407. The average molecular weight is 264 g/mol. The maximum Gasteiger partial charge on any atom is 0.0925 e. The highest BCUT2D eigenvalue weighted by atomic mass is 16.5. The van der Waals surface area contributed by atoms with Gasteiger partial charge in [0.15, 0.2) is 0 Å². The van der Waals surface area contributed by atoms with Crippen molar-refractivity contribution >= 4 is 0 Å². The standard InChI is InChI=1S/C14H24N4O/c1-14(2-4-19-5-3-14)9-15-7-11-6-12-13(8-16-11)18-10-17-12/h10-11,15-16H,2-9H2,1H3,(H,17,18). The first-order chi connectivity index (χ1) is 9.25. The van der Waals surface area contributed by atoms with E-state index in [1.54, 1.807) is 6.33 Å². The molecule has 3 N–H and O–H groups in total. The van der Waals surface area contributed by atoms with Gasteiger partial charge in [0.25, 0.3) is 0 Å². The van der Waals surface area contributed by atoms with E-state index in [-0.39, 0.29) is 0 Å². The van der Waals surface area contributed by atoms with Crippen LogP contribution in [-0.4, -0.2) is 42.3 Å². The Morgan fingerprint density at radius 3 is 3.16 bits per heavy atom. The van der Waals surface area contributed by atoms with E-state index in [0.29, 0.717) is 11.5 Å². The van der Waals surface area contributed by atoms with Crippen molar-refractivity contribution in [2.45, 2.75) is 38.8 Å². The van der Waals surface area contributed by atoms with Crippen LogP contribution in [0, 0.1) is 5.41 Å². The smallest absolute Gasteiger partial charge is 0.0925 e. The molecule has 3 rings (SSSR count). The van der Waals surface area contributed by atoms with Gasteiger partial charge in [-0.25, -0.2) is 4.98 Å². The maximum absolute atomic E-state index is 5.44. The van der Waals surface area contributed by atoms with E-state index in [0.717, 1.165) is 39.3 Å². The van der Waals surface area contributed by atoms with Crippen molar-refractivity contribution in [2.75, 3.05) is 26.3 Å². The molecule has 0 spiro atoms. The Labute approximate surface area is 114 Å². The van der Waals surface area contributed by atoms with Crippen molar-refractivity contribution in [3.8, 4) is 0 Å². The van der Waals surface area contributed by atoms with Crippen molar-refractivity contribution in [3.05, 3.63) is 17.7 Å². The number of aromatic amines is 1. The first-order valence-corrected chi connectivity index (χ1v) is 7.28. The van der Waals surface area contributed by atoms with Crippen LogP contribution in [0.3, 0.4) is 0 Å². The van der Waals surface area contributed by atoms with Crippen molar-refractivity contribution in [1.29, 1.82) is 0 Å². The van der Waals surface area contributed by atoms with Gasteiger partial charge in [-0.3, -0.25) is 0 Å². The number of rotatable bonds is 4.